The molecule has 0 saturated heterocycles. The van der Waals surface area contributed by atoms with Gasteiger partial charge in [0, 0.05) is 5.02 Å². The third-order valence-electron chi connectivity index (χ3n) is 1.82. The van der Waals surface area contributed by atoms with Crippen molar-refractivity contribution in [3.63, 3.8) is 0 Å². The first-order chi connectivity index (χ1) is 7.19. The lowest BCUT2D eigenvalue weighted by molar-refractivity contribution is 1.27. The van der Waals surface area contributed by atoms with Gasteiger partial charge in [-0.25, -0.2) is 4.99 Å². The van der Waals surface area contributed by atoms with Gasteiger partial charge < -0.3 is 0 Å². The summed E-state index contributed by atoms with van der Waals surface area (Å²) >= 11 is 7.33. The van der Waals surface area contributed by atoms with Gasteiger partial charge in [0.25, 0.3) is 0 Å². The average Bonchev–Trinajstić information content (AvgIpc) is 2.24. The van der Waals surface area contributed by atoms with Crippen LogP contribution in [0.25, 0.3) is 0 Å². The normalized spacial score (nSPS) is 10.9. The molecule has 1 aromatic carbocycles. The zero-order valence-corrected chi connectivity index (χ0v) is 9.99. The van der Waals surface area contributed by atoms with E-state index in [-0.39, 0.29) is 0 Å². The van der Waals surface area contributed by atoms with E-state index in [1.165, 1.54) is 11.8 Å². The van der Waals surface area contributed by atoms with Gasteiger partial charge >= 0.3 is 0 Å². The summed E-state index contributed by atoms with van der Waals surface area (Å²) < 4.78 is 0. The number of nitrogens with one attached hydrogen (secondary N) is 1. The summed E-state index contributed by atoms with van der Waals surface area (Å²) in [6, 6.07) is 5.50. The highest BCUT2D eigenvalue weighted by molar-refractivity contribution is 8.13. The van der Waals surface area contributed by atoms with Gasteiger partial charge in [0.15, 0.2) is 11.4 Å². The number of thioether (sulfide) groups is 1. The zero-order chi connectivity index (χ0) is 11.3. The van der Waals surface area contributed by atoms with Gasteiger partial charge in [-0.2, -0.15) is 5.26 Å². The molecule has 0 spiro atoms. The van der Waals surface area contributed by atoms with Crippen LogP contribution in [0.2, 0.25) is 5.02 Å². The molecule has 0 aliphatic rings. The summed E-state index contributed by atoms with van der Waals surface area (Å²) in [5, 5.41) is 12.2. The fourth-order valence-electron chi connectivity index (χ4n) is 0.999. The van der Waals surface area contributed by atoms with Gasteiger partial charge in [0.05, 0.1) is 5.69 Å². The first kappa shape index (κ1) is 11.9. The van der Waals surface area contributed by atoms with Gasteiger partial charge in [-0.3, -0.25) is 5.32 Å². The average molecular weight is 240 g/mol. The highest BCUT2D eigenvalue weighted by Gasteiger charge is 2.02. The fraction of sp³-hybridized carbons (Fsp3) is 0.200. The van der Waals surface area contributed by atoms with Crippen LogP contribution in [0, 0.1) is 18.4 Å². The minimum atomic E-state index is 0.558. The van der Waals surface area contributed by atoms with Crippen LogP contribution in [0.3, 0.4) is 0 Å². The van der Waals surface area contributed by atoms with Gasteiger partial charge in [-0.15, -0.1) is 0 Å². The third kappa shape index (κ3) is 3.15. The first-order valence-electron chi connectivity index (χ1n) is 4.22. The maximum atomic E-state index is 8.49. The molecule has 78 valence electrons. The summed E-state index contributed by atoms with van der Waals surface area (Å²) in [6.45, 7) is 1.89. The van der Waals surface area contributed by atoms with Gasteiger partial charge in [0.2, 0.25) is 0 Å². The second kappa shape index (κ2) is 5.64. The summed E-state index contributed by atoms with van der Waals surface area (Å²) in [6.07, 6.45) is 3.69. The second-order valence-electron chi connectivity index (χ2n) is 2.74. The van der Waals surface area contributed by atoms with Crippen LogP contribution in [0.15, 0.2) is 23.2 Å². The molecular weight excluding hydrogens is 230 g/mol. The molecule has 1 aromatic rings. The van der Waals surface area contributed by atoms with Crippen LogP contribution in [-0.2, 0) is 0 Å². The fourth-order valence-corrected chi connectivity index (χ4v) is 1.51. The molecule has 0 bridgehead atoms. The highest BCUT2D eigenvalue weighted by atomic mass is 35.5. The number of halogens is 1. The summed E-state index contributed by atoms with van der Waals surface area (Å²) in [5.41, 5.74) is 1.68. The first-order valence-corrected chi connectivity index (χ1v) is 5.82. The molecule has 0 radical (unpaired) electrons. The molecule has 1 N–H and O–H groups in total. The Hall–Kier alpha value is -1.18. The molecule has 3 nitrogen and oxygen atoms in total. The number of aliphatic imine (C=N–C) groups is 1. The molecule has 0 atom stereocenters. The summed E-state index contributed by atoms with van der Waals surface area (Å²) in [5.74, 6) is 0. The molecule has 0 aliphatic carbocycles. The van der Waals surface area contributed by atoms with Gasteiger partial charge in [0.1, 0.15) is 0 Å². The van der Waals surface area contributed by atoms with Crippen LogP contribution >= 0.6 is 23.4 Å². The van der Waals surface area contributed by atoms with E-state index in [9.17, 15) is 0 Å². The molecule has 0 aliphatic heterocycles. The van der Waals surface area contributed by atoms with Crippen molar-refractivity contribution < 1.29 is 0 Å². The standard InChI is InChI=1S/C10H10ClN3S/c1-7-8(11)4-3-5-9(7)14-10(15-2)13-6-12/h3-5H,1-2H3,(H,13,14). The van der Waals surface area contributed by atoms with Crippen LogP contribution in [-0.4, -0.2) is 11.4 Å². The van der Waals surface area contributed by atoms with E-state index in [2.05, 4.69) is 10.3 Å². The molecular formula is C10H10ClN3S. The van der Waals surface area contributed by atoms with Gasteiger partial charge in [-0.05, 0) is 30.9 Å². The van der Waals surface area contributed by atoms with E-state index in [0.29, 0.717) is 10.2 Å². The van der Waals surface area contributed by atoms with Crippen LogP contribution < -0.4 is 5.32 Å². The van der Waals surface area contributed by atoms with Crippen molar-refractivity contribution >= 4 is 34.2 Å². The Kier molecular flexibility index (Phi) is 4.47. The largest absolute Gasteiger partial charge is 0.271 e. The number of rotatable bonds is 1. The Bertz CT molecular complexity index is 423. The Labute approximate surface area is 98.2 Å². The predicted octanol–water partition coefficient (Wildman–Crippen LogP) is 3.07. The molecule has 15 heavy (non-hydrogen) atoms. The SMILES string of the molecule is CSC(=Nc1cccc(Cl)c1C)NC#N. The highest BCUT2D eigenvalue weighted by Crippen LogP contribution is 2.26. The Balaban J connectivity index is 3.07. The van der Waals surface area contributed by atoms with E-state index in [4.69, 9.17) is 16.9 Å². The zero-order valence-electron chi connectivity index (χ0n) is 8.41. The Morgan fingerprint density at radius 3 is 2.93 bits per heavy atom. The molecule has 0 fully saturated rings. The topological polar surface area (TPSA) is 48.2 Å². The monoisotopic (exact) mass is 239 g/mol. The molecule has 0 amide bonds. The lowest BCUT2D eigenvalue weighted by atomic mass is 10.2. The minimum absolute atomic E-state index is 0.558. The van der Waals surface area contributed by atoms with Crippen molar-refractivity contribution in [1.29, 1.82) is 5.26 Å². The third-order valence-corrected chi connectivity index (χ3v) is 2.81. The maximum Gasteiger partial charge on any atom is 0.183 e. The summed E-state index contributed by atoms with van der Waals surface area (Å²) in [4.78, 5) is 4.29. The van der Waals surface area contributed by atoms with Crippen molar-refractivity contribution in [2.24, 2.45) is 4.99 Å². The molecule has 1 rings (SSSR count). The van der Waals surface area contributed by atoms with Crippen LogP contribution in [0.1, 0.15) is 5.56 Å². The van der Waals surface area contributed by atoms with Crippen LogP contribution in [0.5, 0.6) is 0 Å². The Morgan fingerprint density at radius 1 is 1.60 bits per heavy atom. The maximum absolute atomic E-state index is 8.49. The van der Waals surface area contributed by atoms with E-state index in [0.717, 1.165) is 11.3 Å². The molecule has 0 aromatic heterocycles. The smallest absolute Gasteiger partial charge is 0.183 e. The van der Waals surface area contributed by atoms with E-state index >= 15 is 0 Å². The number of benzene rings is 1. The van der Waals surface area contributed by atoms with Crippen molar-refractivity contribution in [2.75, 3.05) is 6.26 Å². The second-order valence-corrected chi connectivity index (χ2v) is 3.94. The van der Waals surface area contributed by atoms with E-state index < -0.39 is 0 Å². The van der Waals surface area contributed by atoms with Gasteiger partial charge in [-0.1, -0.05) is 29.4 Å². The predicted molar refractivity (Wildman–Crippen MR) is 65.5 cm³/mol. The lowest BCUT2D eigenvalue weighted by Gasteiger charge is -2.04. The number of nitrogens with zero attached hydrogens (tertiary/aromatic N) is 2. The molecule has 0 saturated carbocycles. The van der Waals surface area contributed by atoms with Crippen molar-refractivity contribution in [2.45, 2.75) is 6.92 Å². The summed E-state index contributed by atoms with van der Waals surface area (Å²) in [7, 11) is 0. The van der Waals surface area contributed by atoms with Crippen LogP contribution in [0.4, 0.5) is 5.69 Å². The van der Waals surface area contributed by atoms with E-state index in [1.54, 1.807) is 0 Å². The molecule has 5 heteroatoms. The number of hydrogen-bond acceptors (Lipinski definition) is 3. The minimum Gasteiger partial charge on any atom is -0.271 e. The molecule has 0 unspecified atom stereocenters. The number of hydrogen-bond donors (Lipinski definition) is 1. The quantitative estimate of drug-likeness (QED) is 0.355. The van der Waals surface area contributed by atoms with Crippen molar-refractivity contribution in [3.05, 3.63) is 28.8 Å². The van der Waals surface area contributed by atoms with Crippen molar-refractivity contribution in [3.8, 4) is 6.19 Å². The molecule has 0 heterocycles. The van der Waals surface area contributed by atoms with E-state index in [1.807, 2.05) is 37.6 Å². The van der Waals surface area contributed by atoms with Crippen molar-refractivity contribution in [1.82, 2.24) is 5.32 Å². The lowest BCUT2D eigenvalue weighted by Crippen LogP contribution is -2.12. The number of nitriles is 1. The Morgan fingerprint density at radius 2 is 2.33 bits per heavy atom. The number of amidine groups is 1.